The molecule has 5 heteroatoms. The van der Waals surface area contributed by atoms with Crippen LogP contribution in [0, 0.1) is 5.82 Å². The van der Waals surface area contributed by atoms with Crippen molar-refractivity contribution in [1.29, 1.82) is 0 Å². The lowest BCUT2D eigenvalue weighted by atomic mass is 10.1. The van der Waals surface area contributed by atoms with E-state index in [1.165, 1.54) is 6.20 Å². The zero-order valence-corrected chi connectivity index (χ0v) is 11.0. The zero-order valence-electron chi connectivity index (χ0n) is 11.0. The van der Waals surface area contributed by atoms with Crippen LogP contribution in [0.15, 0.2) is 30.5 Å². The molecule has 0 aliphatic carbocycles. The number of ether oxygens (including phenoxy) is 1. The second kappa shape index (κ2) is 6.13. The smallest absolute Gasteiger partial charge is 0.223 e. The molecule has 0 saturated carbocycles. The van der Waals surface area contributed by atoms with Gasteiger partial charge in [0.05, 0.1) is 13.3 Å². The van der Waals surface area contributed by atoms with E-state index in [-0.39, 0.29) is 5.69 Å². The molecular formula is C14H16FN3O. The summed E-state index contributed by atoms with van der Waals surface area (Å²) in [6.45, 7) is 2.79. The Hall–Kier alpha value is -2.17. The van der Waals surface area contributed by atoms with Gasteiger partial charge < -0.3 is 10.1 Å². The number of rotatable bonds is 5. The van der Waals surface area contributed by atoms with Crippen LogP contribution < -0.4 is 10.1 Å². The molecule has 0 saturated heterocycles. The third-order valence-corrected chi connectivity index (χ3v) is 2.62. The molecule has 0 amide bonds. The average molecular weight is 261 g/mol. The lowest BCUT2D eigenvalue weighted by Gasteiger charge is -2.08. The molecule has 0 aliphatic heterocycles. The number of anilines is 1. The fourth-order valence-corrected chi connectivity index (χ4v) is 1.66. The maximum absolute atomic E-state index is 13.8. The summed E-state index contributed by atoms with van der Waals surface area (Å²) in [4.78, 5) is 8.12. The van der Waals surface area contributed by atoms with Crippen molar-refractivity contribution in [2.75, 3.05) is 19.0 Å². The van der Waals surface area contributed by atoms with E-state index >= 15 is 0 Å². The number of halogens is 1. The van der Waals surface area contributed by atoms with Gasteiger partial charge in [-0.25, -0.2) is 14.4 Å². The Morgan fingerprint density at radius 1 is 1.37 bits per heavy atom. The van der Waals surface area contributed by atoms with E-state index in [0.29, 0.717) is 17.3 Å². The van der Waals surface area contributed by atoms with Crippen molar-refractivity contribution in [3.63, 3.8) is 0 Å². The fourth-order valence-electron chi connectivity index (χ4n) is 1.66. The first-order chi connectivity index (χ1) is 9.24. The Bertz CT molecular complexity index is 560. The monoisotopic (exact) mass is 261 g/mol. The predicted octanol–water partition coefficient (Wildman–Crippen LogP) is 3.11. The second-order valence-corrected chi connectivity index (χ2v) is 4.05. The molecule has 0 atom stereocenters. The van der Waals surface area contributed by atoms with Crippen LogP contribution in [0.2, 0.25) is 0 Å². The Morgan fingerprint density at radius 3 is 2.95 bits per heavy atom. The summed E-state index contributed by atoms with van der Waals surface area (Å²) >= 11 is 0. The highest BCUT2D eigenvalue weighted by Gasteiger charge is 2.10. The molecule has 0 fully saturated rings. The van der Waals surface area contributed by atoms with Crippen LogP contribution in [-0.4, -0.2) is 23.6 Å². The number of aromatic nitrogens is 2. The number of methoxy groups -OCH3 is 1. The number of nitrogens with one attached hydrogen (secondary N) is 1. The highest BCUT2D eigenvalue weighted by atomic mass is 19.1. The van der Waals surface area contributed by atoms with Gasteiger partial charge >= 0.3 is 0 Å². The van der Waals surface area contributed by atoms with Gasteiger partial charge in [0.1, 0.15) is 11.4 Å². The first-order valence-electron chi connectivity index (χ1n) is 6.15. The zero-order chi connectivity index (χ0) is 13.7. The first kappa shape index (κ1) is 13.3. The minimum absolute atomic E-state index is 0.271. The van der Waals surface area contributed by atoms with Crippen LogP contribution >= 0.6 is 0 Å². The van der Waals surface area contributed by atoms with Crippen molar-refractivity contribution in [3.8, 4) is 17.0 Å². The van der Waals surface area contributed by atoms with Gasteiger partial charge in [0.2, 0.25) is 5.95 Å². The Labute approximate surface area is 111 Å². The van der Waals surface area contributed by atoms with Gasteiger partial charge in [0.15, 0.2) is 5.82 Å². The summed E-state index contributed by atoms with van der Waals surface area (Å²) in [5, 5.41) is 3.04. The average Bonchev–Trinajstić information content (AvgIpc) is 2.46. The van der Waals surface area contributed by atoms with Gasteiger partial charge in [-0.1, -0.05) is 19.1 Å². The number of hydrogen-bond acceptors (Lipinski definition) is 4. The molecule has 0 aliphatic rings. The highest BCUT2D eigenvalue weighted by molar-refractivity contribution is 5.62. The molecule has 1 aromatic carbocycles. The molecular weight excluding hydrogens is 245 g/mol. The largest absolute Gasteiger partial charge is 0.497 e. The quantitative estimate of drug-likeness (QED) is 0.898. The fraction of sp³-hybridized carbons (Fsp3) is 0.286. The van der Waals surface area contributed by atoms with Crippen LogP contribution in [0.1, 0.15) is 13.3 Å². The van der Waals surface area contributed by atoms with Crippen molar-refractivity contribution < 1.29 is 9.13 Å². The normalized spacial score (nSPS) is 10.3. The van der Waals surface area contributed by atoms with Gasteiger partial charge in [-0.05, 0) is 18.6 Å². The molecule has 0 spiro atoms. The summed E-state index contributed by atoms with van der Waals surface area (Å²) in [6, 6.07) is 7.14. The van der Waals surface area contributed by atoms with Crippen molar-refractivity contribution in [1.82, 2.24) is 9.97 Å². The van der Waals surface area contributed by atoms with Gasteiger partial charge in [-0.3, -0.25) is 0 Å². The second-order valence-electron chi connectivity index (χ2n) is 4.05. The third kappa shape index (κ3) is 3.19. The van der Waals surface area contributed by atoms with Crippen LogP contribution in [0.3, 0.4) is 0 Å². The van der Waals surface area contributed by atoms with E-state index in [0.717, 1.165) is 13.0 Å². The van der Waals surface area contributed by atoms with E-state index in [2.05, 4.69) is 15.3 Å². The van der Waals surface area contributed by atoms with E-state index < -0.39 is 5.82 Å². The molecule has 19 heavy (non-hydrogen) atoms. The van der Waals surface area contributed by atoms with Gasteiger partial charge in [0, 0.05) is 12.1 Å². The number of benzene rings is 1. The molecule has 2 rings (SSSR count). The van der Waals surface area contributed by atoms with E-state index in [1.54, 1.807) is 31.4 Å². The SMILES string of the molecule is CCCNc1ncc(F)c(-c2cccc(OC)c2)n1. The summed E-state index contributed by atoms with van der Waals surface area (Å²) in [5.41, 5.74) is 0.936. The van der Waals surface area contributed by atoms with Crippen LogP contribution in [0.4, 0.5) is 10.3 Å². The summed E-state index contributed by atoms with van der Waals surface area (Å²) in [7, 11) is 1.57. The van der Waals surface area contributed by atoms with Crippen LogP contribution in [0.25, 0.3) is 11.3 Å². The van der Waals surface area contributed by atoms with E-state index in [9.17, 15) is 4.39 Å². The molecule has 2 aromatic rings. The van der Waals surface area contributed by atoms with Gasteiger partial charge in [-0.15, -0.1) is 0 Å². The molecule has 4 nitrogen and oxygen atoms in total. The predicted molar refractivity (Wildman–Crippen MR) is 72.8 cm³/mol. The summed E-state index contributed by atoms with van der Waals surface area (Å²) in [6.07, 6.45) is 2.13. The maximum atomic E-state index is 13.8. The van der Waals surface area contributed by atoms with E-state index in [1.807, 2.05) is 6.92 Å². The third-order valence-electron chi connectivity index (χ3n) is 2.62. The van der Waals surface area contributed by atoms with Gasteiger partial charge in [0.25, 0.3) is 0 Å². The lowest BCUT2D eigenvalue weighted by molar-refractivity contribution is 0.415. The molecule has 1 N–H and O–H groups in total. The lowest BCUT2D eigenvalue weighted by Crippen LogP contribution is -2.05. The van der Waals surface area contributed by atoms with Crippen molar-refractivity contribution in [3.05, 3.63) is 36.3 Å². The molecule has 0 radical (unpaired) electrons. The number of hydrogen-bond donors (Lipinski definition) is 1. The molecule has 0 unspecified atom stereocenters. The van der Waals surface area contributed by atoms with E-state index in [4.69, 9.17) is 4.74 Å². The van der Waals surface area contributed by atoms with Crippen molar-refractivity contribution in [2.24, 2.45) is 0 Å². The standard InChI is InChI=1S/C14H16FN3O/c1-3-7-16-14-17-9-12(15)13(18-14)10-5-4-6-11(8-10)19-2/h4-6,8-9H,3,7H2,1-2H3,(H,16,17,18). The highest BCUT2D eigenvalue weighted by Crippen LogP contribution is 2.24. The summed E-state index contributed by atoms with van der Waals surface area (Å²) < 4.78 is 18.9. The first-order valence-corrected chi connectivity index (χ1v) is 6.15. The Kier molecular flexibility index (Phi) is 4.28. The van der Waals surface area contributed by atoms with Crippen molar-refractivity contribution >= 4 is 5.95 Å². The molecule has 0 bridgehead atoms. The number of nitrogens with zero attached hydrogens (tertiary/aromatic N) is 2. The molecule has 100 valence electrons. The van der Waals surface area contributed by atoms with Crippen molar-refractivity contribution in [2.45, 2.75) is 13.3 Å². The summed E-state index contributed by atoms with van der Waals surface area (Å²) in [5.74, 6) is 0.648. The molecule has 1 aromatic heterocycles. The van der Waals surface area contributed by atoms with Crippen LogP contribution in [-0.2, 0) is 0 Å². The minimum Gasteiger partial charge on any atom is -0.497 e. The minimum atomic E-state index is -0.449. The van der Waals surface area contributed by atoms with Gasteiger partial charge in [-0.2, -0.15) is 0 Å². The maximum Gasteiger partial charge on any atom is 0.223 e. The topological polar surface area (TPSA) is 47.0 Å². The molecule has 1 heterocycles. The Morgan fingerprint density at radius 2 is 2.21 bits per heavy atom. The Balaban J connectivity index is 2.36. The van der Waals surface area contributed by atoms with Crippen LogP contribution in [0.5, 0.6) is 5.75 Å².